The van der Waals surface area contributed by atoms with Gasteiger partial charge >= 0.3 is 12.0 Å². The number of non-ortho nitro benzene ring substituents is 1. The lowest BCUT2D eigenvalue weighted by atomic mass is 10.1. The Bertz CT molecular complexity index is 793. The normalized spacial score (nSPS) is 11.3. The molecule has 0 bridgehead atoms. The van der Waals surface area contributed by atoms with E-state index in [1.165, 1.54) is 36.3 Å². The van der Waals surface area contributed by atoms with Crippen molar-refractivity contribution in [3.8, 4) is 0 Å². The van der Waals surface area contributed by atoms with Crippen molar-refractivity contribution < 1.29 is 19.2 Å². The number of anilines is 1. The van der Waals surface area contributed by atoms with Gasteiger partial charge in [-0.05, 0) is 24.6 Å². The topological polar surface area (TPSA) is 102 Å². The van der Waals surface area contributed by atoms with Gasteiger partial charge in [-0.15, -0.1) is 0 Å². The lowest BCUT2D eigenvalue weighted by Gasteiger charge is -2.29. The molecule has 0 aliphatic heterocycles. The summed E-state index contributed by atoms with van der Waals surface area (Å²) in [5, 5.41) is 13.4. The number of hydrogen-bond donors (Lipinski definition) is 1. The van der Waals surface area contributed by atoms with Gasteiger partial charge in [-0.2, -0.15) is 0 Å². The lowest BCUT2D eigenvalue weighted by molar-refractivity contribution is -0.384. The maximum atomic E-state index is 12.8. The summed E-state index contributed by atoms with van der Waals surface area (Å²) in [7, 11) is 1.30. The van der Waals surface area contributed by atoms with E-state index in [0.717, 1.165) is 5.56 Å². The molecule has 0 aromatic heterocycles. The first-order valence-corrected chi connectivity index (χ1v) is 8.36. The molecule has 2 amide bonds. The van der Waals surface area contributed by atoms with Gasteiger partial charge < -0.3 is 15.0 Å². The van der Waals surface area contributed by atoms with E-state index in [4.69, 9.17) is 0 Å². The SMILES string of the molecule is COC(=O)CCN(C(=O)Nc1ccc([N+](=O)[O-])cc1)C(C)c1ccccc1. The van der Waals surface area contributed by atoms with Crippen LogP contribution in [-0.2, 0) is 9.53 Å². The van der Waals surface area contributed by atoms with Gasteiger partial charge in [0.1, 0.15) is 0 Å². The third-order valence-corrected chi connectivity index (χ3v) is 4.12. The molecule has 27 heavy (non-hydrogen) atoms. The average molecular weight is 371 g/mol. The van der Waals surface area contributed by atoms with Crippen molar-refractivity contribution in [1.82, 2.24) is 4.90 Å². The van der Waals surface area contributed by atoms with Crippen molar-refractivity contribution in [2.75, 3.05) is 19.0 Å². The quantitative estimate of drug-likeness (QED) is 0.454. The third-order valence-electron chi connectivity index (χ3n) is 4.12. The fourth-order valence-corrected chi connectivity index (χ4v) is 2.56. The smallest absolute Gasteiger partial charge is 0.322 e. The number of nitro benzene ring substituents is 1. The highest BCUT2D eigenvalue weighted by Crippen LogP contribution is 2.22. The summed E-state index contributed by atoms with van der Waals surface area (Å²) >= 11 is 0. The number of ether oxygens (including phenoxy) is 1. The van der Waals surface area contributed by atoms with Crippen molar-refractivity contribution in [2.24, 2.45) is 0 Å². The number of hydrogen-bond acceptors (Lipinski definition) is 5. The van der Waals surface area contributed by atoms with Crippen LogP contribution in [0.15, 0.2) is 54.6 Å². The Hall–Kier alpha value is -3.42. The van der Waals surface area contributed by atoms with Crippen molar-refractivity contribution in [2.45, 2.75) is 19.4 Å². The average Bonchev–Trinajstić information content (AvgIpc) is 2.68. The van der Waals surface area contributed by atoms with E-state index in [-0.39, 0.29) is 24.7 Å². The van der Waals surface area contributed by atoms with Crippen LogP contribution in [0.5, 0.6) is 0 Å². The van der Waals surface area contributed by atoms with Gasteiger partial charge in [-0.1, -0.05) is 30.3 Å². The van der Waals surface area contributed by atoms with Crippen LogP contribution in [0.4, 0.5) is 16.2 Å². The summed E-state index contributed by atoms with van der Waals surface area (Å²) in [6.45, 7) is 2.03. The molecule has 0 heterocycles. The number of nitro groups is 1. The van der Waals surface area contributed by atoms with E-state index in [0.29, 0.717) is 5.69 Å². The first-order valence-electron chi connectivity index (χ1n) is 8.36. The molecule has 2 rings (SSSR count). The molecule has 0 aliphatic carbocycles. The van der Waals surface area contributed by atoms with Crippen molar-refractivity contribution >= 4 is 23.4 Å². The number of carbonyl (C=O) groups is 2. The van der Waals surface area contributed by atoms with Crippen LogP contribution < -0.4 is 5.32 Å². The maximum absolute atomic E-state index is 12.8. The van der Waals surface area contributed by atoms with Gasteiger partial charge in [0.2, 0.25) is 0 Å². The van der Waals surface area contributed by atoms with Gasteiger partial charge in [0.05, 0.1) is 24.5 Å². The standard InChI is InChI=1S/C19H21N3O5/c1-14(15-6-4-3-5-7-15)21(13-12-18(23)27-2)19(24)20-16-8-10-17(11-9-16)22(25)26/h3-11,14H,12-13H2,1-2H3,(H,20,24). The molecule has 0 fully saturated rings. The molecule has 0 spiro atoms. The van der Waals surface area contributed by atoms with E-state index in [1.54, 1.807) is 0 Å². The molecule has 0 saturated carbocycles. The van der Waals surface area contributed by atoms with E-state index in [1.807, 2.05) is 37.3 Å². The molecule has 8 heteroatoms. The van der Waals surface area contributed by atoms with Crippen LogP contribution in [-0.4, -0.2) is 35.5 Å². The van der Waals surface area contributed by atoms with Crippen LogP contribution in [0.25, 0.3) is 0 Å². The highest BCUT2D eigenvalue weighted by atomic mass is 16.6. The molecule has 142 valence electrons. The molecule has 1 N–H and O–H groups in total. The minimum Gasteiger partial charge on any atom is -0.469 e. The molecule has 0 aliphatic rings. The highest BCUT2D eigenvalue weighted by molar-refractivity contribution is 5.90. The largest absolute Gasteiger partial charge is 0.469 e. The molecule has 8 nitrogen and oxygen atoms in total. The van der Waals surface area contributed by atoms with Crippen molar-refractivity contribution in [3.63, 3.8) is 0 Å². The zero-order valence-corrected chi connectivity index (χ0v) is 15.1. The number of amides is 2. The van der Waals surface area contributed by atoms with Crippen LogP contribution in [0.1, 0.15) is 24.9 Å². The fraction of sp³-hybridized carbons (Fsp3) is 0.263. The molecule has 0 radical (unpaired) electrons. The van der Waals surface area contributed by atoms with E-state index >= 15 is 0 Å². The minimum atomic E-state index is -0.508. The number of carbonyl (C=O) groups excluding carboxylic acids is 2. The molecule has 1 unspecified atom stereocenters. The van der Waals surface area contributed by atoms with Gasteiger partial charge in [-0.3, -0.25) is 14.9 Å². The Morgan fingerprint density at radius 2 is 1.78 bits per heavy atom. The van der Waals surface area contributed by atoms with Crippen molar-refractivity contribution in [3.05, 3.63) is 70.3 Å². The number of esters is 1. The van der Waals surface area contributed by atoms with Crippen LogP contribution in [0.3, 0.4) is 0 Å². The number of benzene rings is 2. The molecule has 0 saturated heterocycles. The molecule has 2 aromatic carbocycles. The third kappa shape index (κ3) is 5.53. The number of urea groups is 1. The zero-order valence-electron chi connectivity index (χ0n) is 15.1. The summed E-state index contributed by atoms with van der Waals surface area (Å²) in [6, 6.07) is 14.3. The zero-order chi connectivity index (χ0) is 19.8. The molecule has 1 atom stereocenters. The first kappa shape index (κ1) is 19.9. The van der Waals surface area contributed by atoms with Crippen LogP contribution in [0, 0.1) is 10.1 Å². The monoisotopic (exact) mass is 371 g/mol. The van der Waals surface area contributed by atoms with E-state index in [2.05, 4.69) is 10.1 Å². The minimum absolute atomic E-state index is 0.0569. The van der Waals surface area contributed by atoms with Gasteiger partial charge in [-0.25, -0.2) is 4.79 Å². The number of nitrogens with zero attached hydrogens (tertiary/aromatic N) is 2. The van der Waals surface area contributed by atoms with Crippen LogP contribution >= 0.6 is 0 Å². The molecule has 2 aromatic rings. The molecular formula is C19H21N3O5. The Morgan fingerprint density at radius 3 is 2.33 bits per heavy atom. The van der Waals surface area contributed by atoms with Crippen molar-refractivity contribution in [1.29, 1.82) is 0 Å². The summed E-state index contributed by atoms with van der Waals surface area (Å²) < 4.78 is 4.66. The first-order chi connectivity index (χ1) is 12.9. The number of rotatable bonds is 7. The van der Waals surface area contributed by atoms with Gasteiger partial charge in [0.25, 0.3) is 5.69 Å². The van der Waals surface area contributed by atoms with E-state index in [9.17, 15) is 19.7 Å². The predicted molar refractivity (Wildman–Crippen MR) is 100 cm³/mol. The predicted octanol–water partition coefficient (Wildman–Crippen LogP) is 3.75. The highest BCUT2D eigenvalue weighted by Gasteiger charge is 2.22. The van der Waals surface area contributed by atoms with E-state index < -0.39 is 16.9 Å². The van der Waals surface area contributed by atoms with Gasteiger partial charge in [0, 0.05) is 24.4 Å². The Morgan fingerprint density at radius 1 is 1.15 bits per heavy atom. The summed E-state index contributed by atoms with van der Waals surface area (Å²) in [6.07, 6.45) is 0.0569. The summed E-state index contributed by atoms with van der Waals surface area (Å²) in [5.41, 5.74) is 1.28. The number of methoxy groups -OCH3 is 1. The Labute approximate surface area is 156 Å². The van der Waals surface area contributed by atoms with Crippen LogP contribution in [0.2, 0.25) is 0 Å². The Balaban J connectivity index is 2.16. The second kappa shape index (κ2) is 9.33. The Kier molecular flexibility index (Phi) is 6.87. The maximum Gasteiger partial charge on any atom is 0.322 e. The second-order valence-electron chi connectivity index (χ2n) is 5.84. The molecular weight excluding hydrogens is 350 g/mol. The summed E-state index contributed by atoms with van der Waals surface area (Å²) in [4.78, 5) is 36.0. The lowest BCUT2D eigenvalue weighted by Crippen LogP contribution is -2.38. The second-order valence-corrected chi connectivity index (χ2v) is 5.84. The van der Waals surface area contributed by atoms with Gasteiger partial charge in [0.15, 0.2) is 0 Å². The fourth-order valence-electron chi connectivity index (χ4n) is 2.56. The number of nitrogens with one attached hydrogen (secondary N) is 1. The summed E-state index contributed by atoms with van der Waals surface area (Å²) in [5.74, 6) is -0.414.